The molecule has 1 atom stereocenters. The summed E-state index contributed by atoms with van der Waals surface area (Å²) in [5.74, 6) is -0.880. The fraction of sp³-hybridized carbons (Fsp3) is 0.158. The number of alkyl halides is 3. The highest BCUT2D eigenvalue weighted by Gasteiger charge is 2.33. The number of hydrogen-bond donors (Lipinski definition) is 4. The number of rotatable bonds is 3. The Morgan fingerprint density at radius 1 is 1.21 bits per heavy atom. The number of allylic oxidation sites excluding steroid dienone is 1. The van der Waals surface area contributed by atoms with Crippen LogP contribution in [-0.2, 0) is 11.0 Å². The number of phenolic OH excluding ortho intramolecular Hbond substituents is 1. The molecule has 4 N–H and O–H groups in total. The van der Waals surface area contributed by atoms with Crippen LogP contribution in [0.5, 0.6) is 5.75 Å². The number of anilines is 1. The fourth-order valence-corrected chi connectivity index (χ4v) is 3.11. The van der Waals surface area contributed by atoms with Crippen molar-refractivity contribution in [1.29, 1.82) is 0 Å². The SMILES string of the molecule is CC1=C(C(=O)Nc2cccc(C(F)(F)F)c2)[C@H](c2ccc(O)c(Cl)c2)NC(=O)N1. The lowest BCUT2D eigenvalue weighted by Crippen LogP contribution is -2.46. The van der Waals surface area contributed by atoms with E-state index in [1.54, 1.807) is 0 Å². The lowest BCUT2D eigenvalue weighted by Gasteiger charge is -2.29. The van der Waals surface area contributed by atoms with Crippen molar-refractivity contribution in [3.8, 4) is 5.75 Å². The molecule has 0 unspecified atom stereocenters. The molecule has 0 bridgehead atoms. The van der Waals surface area contributed by atoms with Crippen LogP contribution in [0.4, 0.5) is 23.7 Å². The molecule has 0 saturated carbocycles. The lowest BCUT2D eigenvalue weighted by atomic mass is 9.94. The molecule has 10 heteroatoms. The summed E-state index contributed by atoms with van der Waals surface area (Å²) in [7, 11) is 0. The molecule has 2 aromatic carbocycles. The molecule has 0 saturated heterocycles. The van der Waals surface area contributed by atoms with Gasteiger partial charge in [0, 0.05) is 11.4 Å². The maximum atomic E-state index is 12.9. The van der Waals surface area contributed by atoms with Crippen molar-refractivity contribution in [2.75, 3.05) is 5.32 Å². The summed E-state index contributed by atoms with van der Waals surface area (Å²) >= 11 is 5.92. The van der Waals surface area contributed by atoms with Gasteiger partial charge in [0.25, 0.3) is 5.91 Å². The standard InChI is InChI=1S/C19H15ClF3N3O3/c1-9-15(17(28)25-12-4-2-3-11(8-12)19(21,22)23)16(26-18(29)24-9)10-5-6-14(27)13(20)7-10/h2-8,16,27H,1H3,(H,25,28)(H2,24,26,29)/t16-/m0/s1. The van der Waals surface area contributed by atoms with Crippen molar-refractivity contribution in [2.24, 2.45) is 0 Å². The zero-order valence-electron chi connectivity index (χ0n) is 14.9. The Balaban J connectivity index is 1.95. The van der Waals surface area contributed by atoms with Gasteiger partial charge < -0.3 is 21.1 Å². The first-order valence-corrected chi connectivity index (χ1v) is 8.69. The maximum Gasteiger partial charge on any atom is 0.416 e. The second-order valence-corrected chi connectivity index (χ2v) is 6.72. The highest BCUT2D eigenvalue weighted by atomic mass is 35.5. The number of benzene rings is 2. The molecule has 2 aromatic rings. The van der Waals surface area contributed by atoms with Gasteiger partial charge in [-0.1, -0.05) is 23.7 Å². The van der Waals surface area contributed by atoms with Gasteiger partial charge >= 0.3 is 12.2 Å². The Morgan fingerprint density at radius 3 is 2.59 bits per heavy atom. The van der Waals surface area contributed by atoms with Crippen LogP contribution in [0.25, 0.3) is 0 Å². The van der Waals surface area contributed by atoms with Gasteiger partial charge in [0.15, 0.2) is 0 Å². The summed E-state index contributed by atoms with van der Waals surface area (Å²) in [6, 6.07) is 6.89. The molecular weight excluding hydrogens is 411 g/mol. The van der Waals surface area contributed by atoms with Crippen molar-refractivity contribution in [3.05, 3.63) is 69.9 Å². The number of halogens is 4. The minimum atomic E-state index is -4.55. The summed E-state index contributed by atoms with van der Waals surface area (Å²) in [5, 5.41) is 17.1. The van der Waals surface area contributed by atoms with Crippen molar-refractivity contribution in [1.82, 2.24) is 10.6 Å². The van der Waals surface area contributed by atoms with E-state index < -0.39 is 29.7 Å². The van der Waals surface area contributed by atoms with E-state index in [4.69, 9.17) is 11.6 Å². The van der Waals surface area contributed by atoms with Gasteiger partial charge in [-0.15, -0.1) is 0 Å². The topological polar surface area (TPSA) is 90.5 Å². The molecule has 1 heterocycles. The molecule has 0 aromatic heterocycles. The highest BCUT2D eigenvalue weighted by molar-refractivity contribution is 6.32. The van der Waals surface area contributed by atoms with Gasteiger partial charge in [0.05, 0.1) is 22.2 Å². The average Bonchev–Trinajstić information content (AvgIpc) is 2.62. The van der Waals surface area contributed by atoms with Crippen LogP contribution in [0.15, 0.2) is 53.7 Å². The summed E-state index contributed by atoms with van der Waals surface area (Å²) < 4.78 is 38.7. The number of urea groups is 1. The summed E-state index contributed by atoms with van der Waals surface area (Å²) in [4.78, 5) is 24.8. The van der Waals surface area contributed by atoms with E-state index in [0.29, 0.717) is 5.56 Å². The Hall–Kier alpha value is -3.20. The van der Waals surface area contributed by atoms with Crippen LogP contribution < -0.4 is 16.0 Å². The molecule has 1 aliphatic rings. The largest absolute Gasteiger partial charge is 0.506 e. The van der Waals surface area contributed by atoms with Crippen LogP contribution in [0, 0.1) is 0 Å². The molecule has 0 fully saturated rings. The molecule has 6 nitrogen and oxygen atoms in total. The summed E-state index contributed by atoms with van der Waals surface area (Å²) in [6.07, 6.45) is -4.55. The van der Waals surface area contributed by atoms with Crippen LogP contribution in [0.1, 0.15) is 24.1 Å². The molecule has 152 valence electrons. The Morgan fingerprint density at radius 2 is 1.93 bits per heavy atom. The number of hydrogen-bond acceptors (Lipinski definition) is 3. The van der Waals surface area contributed by atoms with Crippen molar-refractivity contribution in [2.45, 2.75) is 19.1 Å². The van der Waals surface area contributed by atoms with Gasteiger partial charge in [-0.3, -0.25) is 4.79 Å². The van der Waals surface area contributed by atoms with Gasteiger partial charge in [-0.25, -0.2) is 4.79 Å². The third-order valence-corrected chi connectivity index (χ3v) is 4.57. The number of carbonyl (C=O) groups excluding carboxylic acids is 2. The third kappa shape index (κ3) is 4.45. The summed E-state index contributed by atoms with van der Waals surface area (Å²) in [6.45, 7) is 1.49. The van der Waals surface area contributed by atoms with Gasteiger partial charge in [0.1, 0.15) is 5.75 Å². The Kier molecular flexibility index (Phi) is 5.43. The smallest absolute Gasteiger partial charge is 0.416 e. The van der Waals surface area contributed by atoms with Gasteiger partial charge in [-0.2, -0.15) is 13.2 Å². The number of carbonyl (C=O) groups is 2. The zero-order valence-corrected chi connectivity index (χ0v) is 15.7. The highest BCUT2D eigenvalue weighted by Crippen LogP contribution is 2.33. The van der Waals surface area contributed by atoms with E-state index >= 15 is 0 Å². The molecule has 0 radical (unpaired) electrons. The second-order valence-electron chi connectivity index (χ2n) is 6.31. The predicted molar refractivity (Wildman–Crippen MR) is 100 cm³/mol. The quantitative estimate of drug-likeness (QED) is 0.590. The second kappa shape index (κ2) is 7.67. The van der Waals surface area contributed by atoms with Crippen LogP contribution in [-0.4, -0.2) is 17.0 Å². The first-order valence-electron chi connectivity index (χ1n) is 8.31. The molecule has 3 rings (SSSR count). The molecule has 0 spiro atoms. The number of aromatic hydroxyl groups is 1. The first-order chi connectivity index (χ1) is 13.6. The van der Waals surface area contributed by atoms with E-state index in [9.17, 15) is 27.9 Å². The molecular formula is C19H15ClF3N3O3. The lowest BCUT2D eigenvalue weighted by molar-refractivity contribution is -0.137. The number of amides is 3. The van der Waals surface area contributed by atoms with E-state index in [0.717, 1.165) is 12.1 Å². The average molecular weight is 426 g/mol. The van der Waals surface area contributed by atoms with Crippen LogP contribution >= 0.6 is 11.6 Å². The zero-order chi connectivity index (χ0) is 21.3. The predicted octanol–water partition coefficient (Wildman–Crippen LogP) is 4.33. The molecule has 0 aliphatic carbocycles. The van der Waals surface area contributed by atoms with Crippen molar-refractivity contribution in [3.63, 3.8) is 0 Å². The van der Waals surface area contributed by atoms with E-state index in [1.165, 1.54) is 37.3 Å². The minimum absolute atomic E-state index is 0.0190. The number of nitrogens with one attached hydrogen (secondary N) is 3. The minimum Gasteiger partial charge on any atom is -0.506 e. The van der Waals surface area contributed by atoms with Crippen molar-refractivity contribution < 1.29 is 27.9 Å². The normalized spacial score (nSPS) is 16.9. The summed E-state index contributed by atoms with van der Waals surface area (Å²) in [5.41, 5.74) is -0.227. The van der Waals surface area contributed by atoms with Crippen molar-refractivity contribution >= 4 is 29.2 Å². The first kappa shape index (κ1) is 20.5. The van der Waals surface area contributed by atoms with E-state index in [1.807, 2.05) is 0 Å². The number of phenols is 1. The molecule has 3 amide bonds. The van der Waals surface area contributed by atoms with Crippen LogP contribution in [0.2, 0.25) is 5.02 Å². The van der Waals surface area contributed by atoms with Gasteiger partial charge in [-0.05, 0) is 42.8 Å². The van der Waals surface area contributed by atoms with Crippen LogP contribution in [0.3, 0.4) is 0 Å². The van der Waals surface area contributed by atoms with E-state index in [2.05, 4.69) is 16.0 Å². The van der Waals surface area contributed by atoms with E-state index in [-0.39, 0.29) is 27.7 Å². The molecule has 1 aliphatic heterocycles. The molecule has 29 heavy (non-hydrogen) atoms. The van der Waals surface area contributed by atoms with Gasteiger partial charge in [0.2, 0.25) is 0 Å². The monoisotopic (exact) mass is 425 g/mol. The Bertz CT molecular complexity index is 1020. The fourth-order valence-electron chi connectivity index (χ4n) is 2.92. The maximum absolute atomic E-state index is 12.9. The Labute approximate surface area is 168 Å². The third-order valence-electron chi connectivity index (χ3n) is 4.27.